The van der Waals surface area contributed by atoms with Crippen molar-refractivity contribution in [2.45, 2.75) is 32.4 Å². The molecule has 1 rings (SSSR count). The summed E-state index contributed by atoms with van der Waals surface area (Å²) in [4.78, 5) is 5.03. The topological polar surface area (TPSA) is 41.7 Å². The zero-order chi connectivity index (χ0) is 12.0. The van der Waals surface area contributed by atoms with E-state index in [1.165, 1.54) is 6.42 Å². The fourth-order valence-electron chi connectivity index (χ4n) is 2.32. The quantitative estimate of drug-likeness (QED) is 0.715. The summed E-state index contributed by atoms with van der Waals surface area (Å²) >= 11 is 0. The van der Waals surface area contributed by atoms with Crippen LogP contribution in [0, 0.1) is 0 Å². The highest BCUT2D eigenvalue weighted by Crippen LogP contribution is 2.10. The van der Waals surface area contributed by atoms with E-state index in [0.29, 0.717) is 18.6 Å². The minimum Gasteiger partial charge on any atom is -0.383 e. The van der Waals surface area contributed by atoms with E-state index in [2.05, 4.69) is 23.6 Å². The minimum absolute atomic E-state index is 0.393. The number of hydrogen-bond acceptors (Lipinski definition) is 4. The Bertz CT molecular complexity index is 181. The van der Waals surface area contributed by atoms with E-state index in [4.69, 9.17) is 10.5 Å². The van der Waals surface area contributed by atoms with Crippen LogP contribution in [0.5, 0.6) is 0 Å². The molecule has 0 bridgehead atoms. The molecule has 0 aromatic heterocycles. The van der Waals surface area contributed by atoms with Gasteiger partial charge in [0.25, 0.3) is 0 Å². The highest BCUT2D eigenvalue weighted by atomic mass is 16.5. The number of rotatable bonds is 6. The highest BCUT2D eigenvalue weighted by molar-refractivity contribution is 4.80. The van der Waals surface area contributed by atoms with Crippen LogP contribution in [0.25, 0.3) is 0 Å². The molecule has 0 aliphatic carbocycles. The minimum atomic E-state index is 0.393. The molecule has 16 heavy (non-hydrogen) atoms. The Labute approximate surface area is 99.7 Å². The van der Waals surface area contributed by atoms with Crippen molar-refractivity contribution in [3.05, 3.63) is 0 Å². The standard InChI is InChI=1S/C12H27N3O/c1-4-11(2)14-5-7-15(8-6-14)12(9-13)10-16-3/h11-12H,4-10,13H2,1-3H3. The van der Waals surface area contributed by atoms with Gasteiger partial charge in [-0.2, -0.15) is 0 Å². The Balaban J connectivity index is 2.35. The van der Waals surface area contributed by atoms with Crippen molar-refractivity contribution in [2.75, 3.05) is 46.4 Å². The lowest BCUT2D eigenvalue weighted by Crippen LogP contribution is -2.55. The number of nitrogens with two attached hydrogens (primary N) is 1. The third-order valence-electron chi connectivity index (χ3n) is 3.71. The number of hydrogen-bond donors (Lipinski definition) is 1. The van der Waals surface area contributed by atoms with E-state index in [9.17, 15) is 0 Å². The van der Waals surface area contributed by atoms with Gasteiger partial charge in [0, 0.05) is 51.9 Å². The number of methoxy groups -OCH3 is 1. The molecule has 1 aliphatic rings. The highest BCUT2D eigenvalue weighted by Gasteiger charge is 2.24. The number of nitrogens with zero attached hydrogens (tertiary/aromatic N) is 2. The molecular weight excluding hydrogens is 202 g/mol. The van der Waals surface area contributed by atoms with Gasteiger partial charge < -0.3 is 10.5 Å². The second kappa shape index (κ2) is 7.22. The molecule has 2 atom stereocenters. The summed E-state index contributed by atoms with van der Waals surface area (Å²) in [5, 5.41) is 0. The van der Waals surface area contributed by atoms with Crippen LogP contribution in [-0.4, -0.2) is 68.3 Å². The van der Waals surface area contributed by atoms with Crippen LogP contribution in [0.1, 0.15) is 20.3 Å². The Morgan fingerprint density at radius 1 is 1.19 bits per heavy atom. The lowest BCUT2D eigenvalue weighted by atomic mass is 10.1. The smallest absolute Gasteiger partial charge is 0.0630 e. The maximum absolute atomic E-state index is 5.78. The van der Waals surface area contributed by atoms with Crippen molar-refractivity contribution in [3.63, 3.8) is 0 Å². The summed E-state index contributed by atoms with van der Waals surface area (Å²) in [6.45, 7) is 10.6. The zero-order valence-electron chi connectivity index (χ0n) is 11.0. The summed E-state index contributed by atoms with van der Waals surface area (Å²) < 4.78 is 5.21. The van der Waals surface area contributed by atoms with Crippen LogP contribution in [0.3, 0.4) is 0 Å². The van der Waals surface area contributed by atoms with Crippen molar-refractivity contribution in [3.8, 4) is 0 Å². The van der Waals surface area contributed by atoms with Crippen molar-refractivity contribution >= 4 is 0 Å². The summed E-state index contributed by atoms with van der Waals surface area (Å²) in [6, 6.07) is 1.10. The van der Waals surface area contributed by atoms with Gasteiger partial charge in [0.2, 0.25) is 0 Å². The number of ether oxygens (including phenoxy) is 1. The first kappa shape index (κ1) is 13.9. The largest absolute Gasteiger partial charge is 0.383 e. The molecule has 0 aromatic rings. The van der Waals surface area contributed by atoms with E-state index in [1.54, 1.807) is 7.11 Å². The van der Waals surface area contributed by atoms with Crippen molar-refractivity contribution in [1.82, 2.24) is 9.80 Å². The third kappa shape index (κ3) is 3.70. The van der Waals surface area contributed by atoms with Crippen molar-refractivity contribution < 1.29 is 4.74 Å². The van der Waals surface area contributed by atoms with E-state index in [1.807, 2.05) is 0 Å². The molecule has 1 aliphatic heterocycles. The molecular formula is C12H27N3O. The Kier molecular flexibility index (Phi) is 6.28. The molecule has 1 heterocycles. The molecule has 0 aromatic carbocycles. The van der Waals surface area contributed by atoms with E-state index < -0.39 is 0 Å². The van der Waals surface area contributed by atoms with Gasteiger partial charge in [-0.3, -0.25) is 9.80 Å². The van der Waals surface area contributed by atoms with Gasteiger partial charge in [-0.25, -0.2) is 0 Å². The average molecular weight is 229 g/mol. The molecule has 96 valence electrons. The molecule has 0 saturated carbocycles. The van der Waals surface area contributed by atoms with E-state index in [0.717, 1.165) is 32.8 Å². The molecule has 1 fully saturated rings. The van der Waals surface area contributed by atoms with Crippen LogP contribution < -0.4 is 5.73 Å². The number of piperazine rings is 1. The maximum atomic E-state index is 5.78. The first-order valence-electron chi connectivity index (χ1n) is 6.40. The molecule has 0 spiro atoms. The predicted molar refractivity (Wildman–Crippen MR) is 67.6 cm³/mol. The summed E-state index contributed by atoms with van der Waals surface area (Å²) in [7, 11) is 1.75. The predicted octanol–water partition coefficient (Wildman–Crippen LogP) is 0.376. The van der Waals surface area contributed by atoms with Crippen molar-refractivity contribution in [1.29, 1.82) is 0 Å². The van der Waals surface area contributed by atoms with Gasteiger partial charge >= 0.3 is 0 Å². The van der Waals surface area contributed by atoms with Crippen LogP contribution in [-0.2, 0) is 4.74 Å². The normalized spacial score (nSPS) is 23.2. The van der Waals surface area contributed by atoms with Crippen LogP contribution in [0.4, 0.5) is 0 Å². The fraction of sp³-hybridized carbons (Fsp3) is 1.00. The van der Waals surface area contributed by atoms with Gasteiger partial charge in [0.1, 0.15) is 0 Å². The SMILES string of the molecule is CCC(C)N1CCN(C(CN)COC)CC1. The van der Waals surface area contributed by atoms with Gasteiger partial charge in [-0.15, -0.1) is 0 Å². The summed E-state index contributed by atoms with van der Waals surface area (Å²) in [5.74, 6) is 0. The molecule has 1 saturated heterocycles. The second-order valence-electron chi connectivity index (χ2n) is 4.67. The fourth-order valence-corrected chi connectivity index (χ4v) is 2.32. The van der Waals surface area contributed by atoms with E-state index in [-0.39, 0.29) is 0 Å². The van der Waals surface area contributed by atoms with Gasteiger partial charge in [0.05, 0.1) is 6.61 Å². The molecule has 0 amide bonds. The van der Waals surface area contributed by atoms with Gasteiger partial charge in [-0.05, 0) is 13.3 Å². The monoisotopic (exact) mass is 229 g/mol. The van der Waals surface area contributed by atoms with Crippen LogP contribution >= 0.6 is 0 Å². The first-order valence-corrected chi connectivity index (χ1v) is 6.40. The summed E-state index contributed by atoms with van der Waals surface area (Å²) in [6.07, 6.45) is 1.23. The Morgan fingerprint density at radius 2 is 1.75 bits per heavy atom. The lowest BCUT2D eigenvalue weighted by Gasteiger charge is -2.40. The second-order valence-corrected chi connectivity index (χ2v) is 4.67. The zero-order valence-corrected chi connectivity index (χ0v) is 11.0. The van der Waals surface area contributed by atoms with Gasteiger partial charge in [0.15, 0.2) is 0 Å². The average Bonchev–Trinajstić information content (AvgIpc) is 2.35. The Hall–Kier alpha value is -0.160. The molecule has 4 nitrogen and oxygen atoms in total. The molecule has 2 N–H and O–H groups in total. The van der Waals surface area contributed by atoms with E-state index >= 15 is 0 Å². The van der Waals surface area contributed by atoms with Gasteiger partial charge in [-0.1, -0.05) is 6.92 Å². The first-order chi connectivity index (χ1) is 7.72. The maximum Gasteiger partial charge on any atom is 0.0630 e. The Morgan fingerprint density at radius 3 is 2.19 bits per heavy atom. The van der Waals surface area contributed by atoms with Crippen LogP contribution in [0.2, 0.25) is 0 Å². The molecule has 2 unspecified atom stereocenters. The summed E-state index contributed by atoms with van der Waals surface area (Å²) in [5.41, 5.74) is 5.78. The van der Waals surface area contributed by atoms with Crippen molar-refractivity contribution in [2.24, 2.45) is 5.73 Å². The molecule has 0 radical (unpaired) electrons. The lowest BCUT2D eigenvalue weighted by molar-refractivity contribution is 0.0406. The van der Waals surface area contributed by atoms with Crippen LogP contribution in [0.15, 0.2) is 0 Å². The molecule has 4 heteroatoms. The third-order valence-corrected chi connectivity index (χ3v) is 3.71.